The Bertz CT molecular complexity index is 311. The quantitative estimate of drug-likeness (QED) is 0.804. The van der Waals surface area contributed by atoms with Crippen molar-refractivity contribution in [2.45, 2.75) is 6.92 Å². The van der Waals surface area contributed by atoms with Gasteiger partial charge in [-0.25, -0.2) is 0 Å². The number of benzene rings is 1. The lowest BCUT2D eigenvalue weighted by Crippen LogP contribution is -1.83. The summed E-state index contributed by atoms with van der Waals surface area (Å²) in [7, 11) is 0. The Morgan fingerprint density at radius 1 is 1.31 bits per heavy atom. The van der Waals surface area contributed by atoms with E-state index in [0.717, 1.165) is 11.1 Å². The summed E-state index contributed by atoms with van der Waals surface area (Å²) < 4.78 is 0. The Morgan fingerprint density at radius 3 is 2.31 bits per heavy atom. The van der Waals surface area contributed by atoms with E-state index in [1.165, 1.54) is 0 Å². The monoisotopic (exact) mass is 216 g/mol. The van der Waals surface area contributed by atoms with Gasteiger partial charge in [-0.1, -0.05) is 29.3 Å². The van der Waals surface area contributed by atoms with Crippen molar-refractivity contribution in [1.82, 2.24) is 0 Å². The van der Waals surface area contributed by atoms with Crippen LogP contribution in [0.2, 0.25) is 10.0 Å². The second-order valence-electron chi connectivity index (χ2n) is 2.85. The van der Waals surface area contributed by atoms with Gasteiger partial charge < -0.3 is 5.11 Å². The molecule has 0 heterocycles. The number of hydrogen-bond donors (Lipinski definition) is 1. The van der Waals surface area contributed by atoms with Gasteiger partial charge in [0, 0.05) is 10.0 Å². The molecule has 70 valence electrons. The van der Waals surface area contributed by atoms with Crippen LogP contribution in [-0.4, -0.2) is 11.7 Å². The van der Waals surface area contributed by atoms with E-state index in [1.807, 2.05) is 13.0 Å². The molecule has 0 saturated heterocycles. The number of rotatable bonds is 2. The molecule has 1 aromatic rings. The van der Waals surface area contributed by atoms with E-state index in [-0.39, 0.29) is 6.61 Å². The molecule has 0 aromatic heterocycles. The van der Waals surface area contributed by atoms with E-state index < -0.39 is 0 Å². The zero-order valence-electron chi connectivity index (χ0n) is 7.22. The van der Waals surface area contributed by atoms with Crippen molar-refractivity contribution >= 4 is 29.3 Å². The normalized spacial score (nSPS) is 11.8. The predicted octanol–water partition coefficient (Wildman–Crippen LogP) is 3.39. The molecular formula is C10H10Cl2O. The molecule has 0 spiro atoms. The molecule has 0 unspecified atom stereocenters. The molecule has 0 saturated carbocycles. The molecule has 1 aromatic carbocycles. The first-order chi connectivity index (χ1) is 6.11. The molecule has 0 aliphatic carbocycles. The topological polar surface area (TPSA) is 20.2 Å². The van der Waals surface area contributed by atoms with Gasteiger partial charge in [0.05, 0.1) is 6.61 Å². The summed E-state index contributed by atoms with van der Waals surface area (Å²) in [6.07, 6.45) is 1.84. The van der Waals surface area contributed by atoms with Gasteiger partial charge in [-0.15, -0.1) is 0 Å². The first kappa shape index (κ1) is 10.6. The number of aliphatic hydroxyl groups excluding tert-OH is 1. The van der Waals surface area contributed by atoms with Crippen LogP contribution in [0.15, 0.2) is 23.8 Å². The summed E-state index contributed by atoms with van der Waals surface area (Å²) in [4.78, 5) is 0. The largest absolute Gasteiger partial charge is 0.392 e. The average Bonchev–Trinajstić information content (AvgIpc) is 2.02. The molecule has 13 heavy (non-hydrogen) atoms. The lowest BCUT2D eigenvalue weighted by molar-refractivity contribution is 0.332. The van der Waals surface area contributed by atoms with Crippen molar-refractivity contribution in [3.63, 3.8) is 0 Å². The van der Waals surface area contributed by atoms with Crippen LogP contribution in [0.4, 0.5) is 0 Å². The summed E-state index contributed by atoms with van der Waals surface area (Å²) in [5.41, 5.74) is 1.78. The van der Waals surface area contributed by atoms with Crippen molar-refractivity contribution in [1.29, 1.82) is 0 Å². The molecule has 1 rings (SSSR count). The van der Waals surface area contributed by atoms with Gasteiger partial charge in [0.2, 0.25) is 0 Å². The molecule has 0 bridgehead atoms. The highest BCUT2D eigenvalue weighted by molar-refractivity contribution is 6.34. The maximum absolute atomic E-state index is 8.80. The zero-order chi connectivity index (χ0) is 9.84. The molecule has 0 aliphatic rings. The number of hydrogen-bond acceptors (Lipinski definition) is 1. The summed E-state index contributed by atoms with van der Waals surface area (Å²) >= 11 is 11.6. The first-order valence-corrected chi connectivity index (χ1v) is 4.61. The minimum atomic E-state index is 0.0458. The van der Waals surface area contributed by atoms with Gasteiger partial charge in [0.1, 0.15) is 0 Å². The van der Waals surface area contributed by atoms with Crippen LogP contribution in [0.25, 0.3) is 6.08 Å². The number of halogens is 2. The van der Waals surface area contributed by atoms with Gasteiger partial charge in [0.25, 0.3) is 0 Å². The van der Waals surface area contributed by atoms with Crippen molar-refractivity contribution in [2.75, 3.05) is 6.61 Å². The summed E-state index contributed by atoms with van der Waals surface area (Å²) in [6.45, 7) is 1.89. The molecule has 0 radical (unpaired) electrons. The lowest BCUT2D eigenvalue weighted by Gasteiger charge is -1.99. The summed E-state index contributed by atoms with van der Waals surface area (Å²) in [5, 5.41) is 10.0. The molecule has 0 atom stereocenters. The van der Waals surface area contributed by atoms with Gasteiger partial charge in [0.15, 0.2) is 0 Å². The van der Waals surface area contributed by atoms with Crippen LogP contribution in [0.1, 0.15) is 12.5 Å². The summed E-state index contributed by atoms with van der Waals surface area (Å²) in [5.74, 6) is 0. The molecule has 0 amide bonds. The van der Waals surface area contributed by atoms with Gasteiger partial charge in [-0.05, 0) is 36.3 Å². The maximum atomic E-state index is 8.80. The summed E-state index contributed by atoms with van der Waals surface area (Å²) in [6, 6.07) is 5.27. The van der Waals surface area contributed by atoms with Gasteiger partial charge in [-0.2, -0.15) is 0 Å². The van der Waals surface area contributed by atoms with Crippen molar-refractivity contribution < 1.29 is 5.11 Å². The van der Waals surface area contributed by atoms with Crippen molar-refractivity contribution in [3.05, 3.63) is 39.4 Å². The Kier molecular flexibility index (Phi) is 3.79. The van der Waals surface area contributed by atoms with Crippen LogP contribution in [0.3, 0.4) is 0 Å². The highest BCUT2D eigenvalue weighted by Gasteiger charge is 1.95. The molecular weight excluding hydrogens is 207 g/mol. The fourth-order valence-electron chi connectivity index (χ4n) is 0.989. The predicted molar refractivity (Wildman–Crippen MR) is 57.2 cm³/mol. The SMILES string of the molecule is C/C(=C/c1cc(Cl)cc(Cl)c1)CO. The highest BCUT2D eigenvalue weighted by Crippen LogP contribution is 2.20. The zero-order valence-corrected chi connectivity index (χ0v) is 8.73. The Balaban J connectivity index is 3.02. The average molecular weight is 217 g/mol. The van der Waals surface area contributed by atoms with E-state index in [2.05, 4.69) is 0 Å². The molecule has 0 aliphatic heterocycles. The van der Waals surface area contributed by atoms with Crippen LogP contribution in [-0.2, 0) is 0 Å². The van der Waals surface area contributed by atoms with E-state index >= 15 is 0 Å². The van der Waals surface area contributed by atoms with Crippen LogP contribution < -0.4 is 0 Å². The Hall–Kier alpha value is -0.500. The van der Waals surface area contributed by atoms with Crippen LogP contribution in [0.5, 0.6) is 0 Å². The third-order valence-corrected chi connectivity index (χ3v) is 1.98. The Morgan fingerprint density at radius 2 is 1.85 bits per heavy atom. The molecule has 1 N–H and O–H groups in total. The molecule has 1 nitrogen and oxygen atoms in total. The highest BCUT2D eigenvalue weighted by atomic mass is 35.5. The van der Waals surface area contributed by atoms with Crippen molar-refractivity contribution in [2.24, 2.45) is 0 Å². The minimum absolute atomic E-state index is 0.0458. The first-order valence-electron chi connectivity index (χ1n) is 3.86. The fourth-order valence-corrected chi connectivity index (χ4v) is 1.53. The van der Waals surface area contributed by atoms with E-state index in [9.17, 15) is 0 Å². The van der Waals surface area contributed by atoms with Gasteiger partial charge >= 0.3 is 0 Å². The van der Waals surface area contributed by atoms with Crippen molar-refractivity contribution in [3.8, 4) is 0 Å². The van der Waals surface area contributed by atoms with E-state index in [4.69, 9.17) is 28.3 Å². The van der Waals surface area contributed by atoms with Crippen LogP contribution in [0, 0.1) is 0 Å². The molecule has 3 heteroatoms. The maximum Gasteiger partial charge on any atom is 0.0642 e. The second kappa shape index (κ2) is 4.66. The Labute approximate surface area is 87.6 Å². The smallest absolute Gasteiger partial charge is 0.0642 e. The van der Waals surface area contributed by atoms with E-state index in [1.54, 1.807) is 18.2 Å². The van der Waals surface area contributed by atoms with Gasteiger partial charge in [-0.3, -0.25) is 0 Å². The number of aliphatic hydroxyl groups is 1. The second-order valence-corrected chi connectivity index (χ2v) is 3.72. The standard InChI is InChI=1S/C10H10Cl2O/c1-7(6-13)2-8-3-9(11)5-10(12)4-8/h2-5,13H,6H2,1H3/b7-2-. The fraction of sp³-hybridized carbons (Fsp3) is 0.200. The third kappa shape index (κ3) is 3.39. The lowest BCUT2D eigenvalue weighted by atomic mass is 10.1. The van der Waals surface area contributed by atoms with E-state index in [0.29, 0.717) is 10.0 Å². The molecule has 0 fully saturated rings. The van der Waals surface area contributed by atoms with Crippen LogP contribution >= 0.6 is 23.2 Å². The minimum Gasteiger partial charge on any atom is -0.392 e. The third-order valence-electron chi connectivity index (χ3n) is 1.55.